The average molecular weight is 305 g/mol. The van der Waals surface area contributed by atoms with E-state index in [-0.39, 0.29) is 11.5 Å². The number of H-pyrrole nitrogens is 1. The minimum Gasteiger partial charge on any atom is -0.329 e. The molecule has 0 unspecified atom stereocenters. The smallest absolute Gasteiger partial charge is 0.257 e. The molecule has 1 saturated carbocycles. The molecule has 23 heavy (non-hydrogen) atoms. The van der Waals surface area contributed by atoms with Crippen LogP contribution < -0.4 is 10.9 Å². The highest BCUT2D eigenvalue weighted by molar-refractivity contribution is 6.08. The van der Waals surface area contributed by atoms with Crippen molar-refractivity contribution in [1.82, 2.24) is 9.97 Å². The van der Waals surface area contributed by atoms with Gasteiger partial charge in [-0.1, -0.05) is 6.07 Å². The summed E-state index contributed by atoms with van der Waals surface area (Å²) in [5, 5.41) is 4.15. The first-order valence-electron chi connectivity index (χ1n) is 7.59. The van der Waals surface area contributed by atoms with Crippen LogP contribution in [0, 0.1) is 0 Å². The van der Waals surface area contributed by atoms with Crippen LogP contribution in [0.25, 0.3) is 10.8 Å². The second kappa shape index (κ2) is 5.35. The SMILES string of the molecule is O=C(Nc1cccc2c(=O)[nH]ccc12)c1cncc(C2CC2)c1. The number of carbonyl (C=O) groups excluding carboxylic acids is 1. The van der Waals surface area contributed by atoms with Crippen molar-refractivity contribution in [2.45, 2.75) is 18.8 Å². The van der Waals surface area contributed by atoms with E-state index in [1.165, 1.54) is 12.8 Å². The monoisotopic (exact) mass is 305 g/mol. The average Bonchev–Trinajstić information content (AvgIpc) is 3.41. The number of nitrogens with one attached hydrogen (secondary N) is 2. The lowest BCUT2D eigenvalue weighted by atomic mass is 10.1. The molecule has 1 aliphatic carbocycles. The predicted molar refractivity (Wildman–Crippen MR) is 88.7 cm³/mol. The van der Waals surface area contributed by atoms with Gasteiger partial charge in [-0.25, -0.2) is 0 Å². The number of amides is 1. The molecule has 1 amide bonds. The van der Waals surface area contributed by atoms with Gasteiger partial charge in [-0.05, 0) is 48.6 Å². The summed E-state index contributed by atoms with van der Waals surface area (Å²) >= 11 is 0. The predicted octanol–water partition coefficient (Wildman–Crippen LogP) is 3.05. The molecule has 114 valence electrons. The van der Waals surface area contributed by atoms with Crippen LogP contribution in [-0.4, -0.2) is 15.9 Å². The second-order valence-electron chi connectivity index (χ2n) is 5.81. The van der Waals surface area contributed by atoms with Crippen LogP contribution in [0.4, 0.5) is 5.69 Å². The first kappa shape index (κ1) is 13.7. The molecule has 1 aliphatic rings. The Hall–Kier alpha value is -2.95. The molecular formula is C18H15N3O2. The topological polar surface area (TPSA) is 74.8 Å². The maximum absolute atomic E-state index is 12.5. The molecule has 2 N–H and O–H groups in total. The van der Waals surface area contributed by atoms with Crippen LogP contribution in [-0.2, 0) is 0 Å². The van der Waals surface area contributed by atoms with Gasteiger partial charge in [0.1, 0.15) is 0 Å². The van der Waals surface area contributed by atoms with Crippen LogP contribution >= 0.6 is 0 Å². The van der Waals surface area contributed by atoms with E-state index in [1.807, 2.05) is 12.3 Å². The number of aromatic nitrogens is 2. The highest BCUT2D eigenvalue weighted by Gasteiger charge is 2.24. The van der Waals surface area contributed by atoms with Gasteiger partial charge in [0.05, 0.1) is 5.56 Å². The molecular weight excluding hydrogens is 290 g/mol. The number of hydrogen-bond donors (Lipinski definition) is 2. The van der Waals surface area contributed by atoms with Crippen molar-refractivity contribution in [2.24, 2.45) is 0 Å². The van der Waals surface area contributed by atoms with Gasteiger partial charge >= 0.3 is 0 Å². The molecule has 0 radical (unpaired) electrons. The lowest BCUT2D eigenvalue weighted by molar-refractivity contribution is 0.102. The van der Waals surface area contributed by atoms with Gasteiger partial charge in [0.2, 0.25) is 0 Å². The number of carbonyl (C=O) groups is 1. The number of anilines is 1. The minimum atomic E-state index is -0.215. The van der Waals surface area contributed by atoms with Crippen molar-refractivity contribution in [3.63, 3.8) is 0 Å². The van der Waals surface area contributed by atoms with E-state index in [4.69, 9.17) is 0 Å². The maximum atomic E-state index is 12.5. The molecule has 2 heterocycles. The van der Waals surface area contributed by atoms with E-state index in [1.54, 1.807) is 36.7 Å². The molecule has 0 spiro atoms. The summed E-state index contributed by atoms with van der Waals surface area (Å²) in [5.74, 6) is 0.333. The zero-order valence-corrected chi connectivity index (χ0v) is 12.4. The second-order valence-corrected chi connectivity index (χ2v) is 5.81. The van der Waals surface area contributed by atoms with Crippen LogP contribution in [0.15, 0.2) is 53.7 Å². The standard InChI is InChI=1S/C18H15N3O2/c22-17(13-8-12(9-19-10-13)11-4-5-11)21-16-3-1-2-15-14(16)6-7-20-18(15)23/h1-3,6-11H,4-5H2,(H,20,23)(H,21,22). The van der Waals surface area contributed by atoms with Crippen molar-refractivity contribution in [3.05, 3.63) is 70.4 Å². The highest BCUT2D eigenvalue weighted by Crippen LogP contribution is 2.39. The Kier molecular flexibility index (Phi) is 3.19. The first-order valence-corrected chi connectivity index (χ1v) is 7.59. The lowest BCUT2D eigenvalue weighted by Crippen LogP contribution is -2.14. The van der Waals surface area contributed by atoms with Gasteiger partial charge in [0.15, 0.2) is 0 Å². The van der Waals surface area contributed by atoms with E-state index < -0.39 is 0 Å². The number of nitrogens with zero attached hydrogens (tertiary/aromatic N) is 1. The quantitative estimate of drug-likeness (QED) is 0.781. The van der Waals surface area contributed by atoms with Crippen LogP contribution in [0.3, 0.4) is 0 Å². The zero-order valence-electron chi connectivity index (χ0n) is 12.4. The Labute approximate surface area is 132 Å². The van der Waals surface area contributed by atoms with Gasteiger partial charge < -0.3 is 10.3 Å². The Bertz CT molecular complexity index is 958. The number of benzene rings is 1. The number of aromatic amines is 1. The van der Waals surface area contributed by atoms with Crippen molar-refractivity contribution in [3.8, 4) is 0 Å². The third-order valence-corrected chi connectivity index (χ3v) is 4.13. The van der Waals surface area contributed by atoms with E-state index in [0.717, 1.165) is 10.9 Å². The maximum Gasteiger partial charge on any atom is 0.257 e. The summed E-state index contributed by atoms with van der Waals surface area (Å²) < 4.78 is 0. The molecule has 0 atom stereocenters. The van der Waals surface area contributed by atoms with Gasteiger partial charge in [-0.2, -0.15) is 0 Å². The minimum absolute atomic E-state index is 0.170. The van der Waals surface area contributed by atoms with Gasteiger partial charge in [0, 0.05) is 35.1 Å². The van der Waals surface area contributed by atoms with Crippen molar-refractivity contribution in [1.29, 1.82) is 0 Å². The summed E-state index contributed by atoms with van der Waals surface area (Å²) in [6.45, 7) is 0. The third kappa shape index (κ3) is 2.61. The molecule has 2 aromatic heterocycles. The summed E-state index contributed by atoms with van der Waals surface area (Å²) in [7, 11) is 0. The van der Waals surface area contributed by atoms with E-state index >= 15 is 0 Å². The number of hydrogen-bond acceptors (Lipinski definition) is 3. The first-order chi connectivity index (χ1) is 11.2. The van der Waals surface area contributed by atoms with Gasteiger partial charge in [0.25, 0.3) is 11.5 Å². The Morgan fingerprint density at radius 3 is 2.87 bits per heavy atom. The van der Waals surface area contributed by atoms with Crippen molar-refractivity contribution >= 4 is 22.4 Å². The third-order valence-electron chi connectivity index (χ3n) is 4.13. The number of pyridine rings is 2. The molecule has 5 heteroatoms. The van der Waals surface area contributed by atoms with Crippen molar-refractivity contribution < 1.29 is 4.79 Å². The molecule has 1 fully saturated rings. The zero-order chi connectivity index (χ0) is 15.8. The summed E-state index contributed by atoms with van der Waals surface area (Å²) in [5.41, 5.74) is 2.11. The van der Waals surface area contributed by atoms with E-state index in [9.17, 15) is 9.59 Å². The van der Waals surface area contributed by atoms with Gasteiger partial charge in [-0.15, -0.1) is 0 Å². The van der Waals surface area contributed by atoms with Crippen molar-refractivity contribution in [2.75, 3.05) is 5.32 Å². The fourth-order valence-electron chi connectivity index (χ4n) is 2.75. The van der Waals surface area contributed by atoms with E-state index in [0.29, 0.717) is 22.6 Å². The summed E-state index contributed by atoms with van der Waals surface area (Å²) in [4.78, 5) is 31.1. The normalized spacial score (nSPS) is 13.9. The molecule has 4 rings (SSSR count). The van der Waals surface area contributed by atoms with Crippen LogP contribution in [0.5, 0.6) is 0 Å². The van der Waals surface area contributed by atoms with Crippen LogP contribution in [0.2, 0.25) is 0 Å². The molecule has 1 aromatic carbocycles. The Morgan fingerprint density at radius 2 is 2.04 bits per heavy atom. The fraction of sp³-hybridized carbons (Fsp3) is 0.167. The van der Waals surface area contributed by atoms with E-state index in [2.05, 4.69) is 15.3 Å². The van der Waals surface area contributed by atoms with Crippen LogP contribution in [0.1, 0.15) is 34.7 Å². The largest absolute Gasteiger partial charge is 0.329 e. The fourth-order valence-corrected chi connectivity index (χ4v) is 2.75. The Balaban J connectivity index is 1.68. The molecule has 5 nitrogen and oxygen atoms in total. The van der Waals surface area contributed by atoms with Gasteiger partial charge in [-0.3, -0.25) is 14.6 Å². The number of rotatable bonds is 3. The summed E-state index contributed by atoms with van der Waals surface area (Å²) in [6, 6.07) is 8.96. The molecule has 0 aliphatic heterocycles. The number of fused-ring (bicyclic) bond motifs is 1. The Morgan fingerprint density at radius 1 is 1.17 bits per heavy atom. The summed E-state index contributed by atoms with van der Waals surface area (Å²) in [6.07, 6.45) is 7.30. The highest BCUT2D eigenvalue weighted by atomic mass is 16.1. The lowest BCUT2D eigenvalue weighted by Gasteiger charge is -2.09. The molecule has 3 aromatic rings. The molecule has 0 saturated heterocycles. The molecule has 0 bridgehead atoms.